The molecule has 272 valence electrons. The first-order valence-electron chi connectivity index (χ1n) is 16.9. The highest BCUT2D eigenvalue weighted by molar-refractivity contribution is 9.10. The Balaban J connectivity index is 0.000000186. The number of ketones is 1. The van der Waals surface area contributed by atoms with E-state index in [1.54, 1.807) is 42.7 Å². The summed E-state index contributed by atoms with van der Waals surface area (Å²) in [7, 11) is 2.85. The molecule has 0 atom stereocenters. The molecule has 7 rings (SSSR count). The van der Waals surface area contributed by atoms with Crippen molar-refractivity contribution in [1.29, 1.82) is 0 Å². The summed E-state index contributed by atoms with van der Waals surface area (Å²) in [5, 5.41) is 2.02. The second kappa shape index (κ2) is 17.0. The number of carbonyl (C=O) groups is 2. The van der Waals surface area contributed by atoms with Gasteiger partial charge in [0.15, 0.2) is 5.78 Å². The van der Waals surface area contributed by atoms with E-state index >= 15 is 0 Å². The van der Waals surface area contributed by atoms with Crippen LogP contribution < -0.4 is 10.9 Å². The monoisotopic (exact) mass is 848 g/mol. The molecule has 2 aromatic carbocycles. The molecule has 0 saturated heterocycles. The predicted molar refractivity (Wildman–Crippen MR) is 215 cm³/mol. The van der Waals surface area contributed by atoms with Crippen molar-refractivity contribution in [2.45, 2.75) is 26.4 Å². The summed E-state index contributed by atoms with van der Waals surface area (Å²) in [6.07, 6.45) is 5.52. The van der Waals surface area contributed by atoms with E-state index in [0.717, 1.165) is 48.8 Å². The van der Waals surface area contributed by atoms with Gasteiger partial charge in [-0.3, -0.25) is 29.0 Å². The Morgan fingerprint density at radius 1 is 0.685 bits per heavy atom. The summed E-state index contributed by atoms with van der Waals surface area (Å²) in [5.74, 6) is -0.818. The summed E-state index contributed by atoms with van der Waals surface area (Å²) in [6.45, 7) is 2.87. The first-order valence-corrected chi connectivity index (χ1v) is 18.5. The van der Waals surface area contributed by atoms with Gasteiger partial charge in [-0.1, -0.05) is 43.3 Å². The Morgan fingerprint density at radius 2 is 1.20 bits per heavy atom. The zero-order valence-electron chi connectivity index (χ0n) is 29.6. The molecule has 0 N–H and O–H groups in total. The molecular formula is C41H34Br2N6O5. The van der Waals surface area contributed by atoms with Gasteiger partial charge in [0.05, 0.1) is 48.2 Å². The van der Waals surface area contributed by atoms with Gasteiger partial charge in [0.25, 0.3) is 5.91 Å². The molecule has 5 heterocycles. The number of hydroxylamine groups is 2. The number of aryl methyl sites for hydroxylation is 1. The fourth-order valence-electron chi connectivity index (χ4n) is 5.87. The average molecular weight is 851 g/mol. The fourth-order valence-corrected chi connectivity index (χ4v) is 6.63. The Bertz CT molecular complexity index is 2620. The van der Waals surface area contributed by atoms with Crippen LogP contribution in [0.5, 0.6) is 0 Å². The van der Waals surface area contributed by atoms with Crippen molar-refractivity contribution in [3.05, 3.63) is 179 Å². The molecule has 0 unspecified atom stereocenters. The van der Waals surface area contributed by atoms with Crippen LogP contribution in [-0.2, 0) is 24.3 Å². The highest BCUT2D eigenvalue weighted by Gasteiger charge is 2.20. The zero-order chi connectivity index (χ0) is 38.4. The topological polar surface area (TPSA) is 129 Å². The molecule has 1 amide bonds. The summed E-state index contributed by atoms with van der Waals surface area (Å²) in [6, 6.07) is 29.3. The van der Waals surface area contributed by atoms with E-state index in [9.17, 15) is 19.2 Å². The van der Waals surface area contributed by atoms with Crippen molar-refractivity contribution in [2.75, 3.05) is 14.2 Å². The van der Waals surface area contributed by atoms with Gasteiger partial charge < -0.3 is 9.13 Å². The number of carbonyl (C=O) groups excluding carboxylic acids is 2. The number of halogens is 2. The molecular weight excluding hydrogens is 816 g/mol. The third-order valence-corrected chi connectivity index (χ3v) is 9.55. The first-order chi connectivity index (χ1) is 26.1. The smallest absolute Gasteiger partial charge is 0.282 e. The summed E-state index contributed by atoms with van der Waals surface area (Å²) in [4.78, 5) is 69.4. The summed E-state index contributed by atoms with van der Waals surface area (Å²) in [5.41, 5.74) is 4.03. The van der Waals surface area contributed by atoms with Gasteiger partial charge in [-0.05, 0) is 98.9 Å². The lowest BCUT2D eigenvalue weighted by atomic mass is 10.0. The Kier molecular flexibility index (Phi) is 12.0. The molecule has 13 heteroatoms. The Morgan fingerprint density at radius 3 is 1.69 bits per heavy atom. The SMILES string of the molecule is CCc1ccc(C(=O)c2cn(Cc3cccc(Br)n3)c3ccccc3c2=O)cn1.CON(C)C(=O)c1cn(Cc2cccc(Br)n2)c2ccccc2c1=O. The van der Waals surface area contributed by atoms with Crippen LogP contribution in [0.15, 0.2) is 134 Å². The van der Waals surface area contributed by atoms with Crippen molar-refractivity contribution in [2.24, 2.45) is 0 Å². The van der Waals surface area contributed by atoms with Crippen LogP contribution in [0.1, 0.15) is 50.3 Å². The van der Waals surface area contributed by atoms with Gasteiger partial charge in [-0.15, -0.1) is 0 Å². The number of amides is 1. The van der Waals surface area contributed by atoms with Crippen molar-refractivity contribution in [3.8, 4) is 0 Å². The maximum absolute atomic E-state index is 13.1. The molecule has 0 aliphatic carbocycles. The highest BCUT2D eigenvalue weighted by Crippen LogP contribution is 2.18. The first kappa shape index (κ1) is 38.1. The maximum atomic E-state index is 13.1. The molecule has 54 heavy (non-hydrogen) atoms. The van der Waals surface area contributed by atoms with Crippen LogP contribution in [0.2, 0.25) is 0 Å². The van der Waals surface area contributed by atoms with Crippen molar-refractivity contribution in [1.82, 2.24) is 29.1 Å². The largest absolute Gasteiger partial charge is 0.340 e. The number of fused-ring (bicyclic) bond motifs is 2. The third-order valence-electron chi connectivity index (χ3n) is 8.67. The van der Waals surface area contributed by atoms with Crippen molar-refractivity contribution < 1.29 is 14.4 Å². The fraction of sp³-hybridized carbons (Fsp3) is 0.146. The lowest BCUT2D eigenvalue weighted by Gasteiger charge is -2.16. The lowest BCUT2D eigenvalue weighted by molar-refractivity contribution is -0.0758. The molecule has 0 saturated carbocycles. The van der Waals surface area contributed by atoms with Gasteiger partial charge >= 0.3 is 0 Å². The Hall–Kier alpha value is -5.63. The van der Waals surface area contributed by atoms with Crippen molar-refractivity contribution >= 4 is 65.4 Å². The molecule has 0 aliphatic heterocycles. The van der Waals surface area contributed by atoms with Crippen LogP contribution in [0.4, 0.5) is 0 Å². The highest BCUT2D eigenvalue weighted by atomic mass is 79.9. The van der Waals surface area contributed by atoms with E-state index < -0.39 is 5.91 Å². The second-order valence-corrected chi connectivity index (χ2v) is 13.8. The number of benzene rings is 2. The average Bonchev–Trinajstić information content (AvgIpc) is 3.19. The van der Waals surface area contributed by atoms with Gasteiger partial charge in [-0.25, -0.2) is 15.0 Å². The predicted octanol–water partition coefficient (Wildman–Crippen LogP) is 7.24. The van der Waals surface area contributed by atoms with Crippen LogP contribution in [0.3, 0.4) is 0 Å². The molecule has 0 aliphatic rings. The van der Waals surface area contributed by atoms with E-state index in [1.807, 2.05) is 82.8 Å². The standard InChI is InChI=1S/C23H18BrN3O2.C18H16BrN3O3/c1-2-16-11-10-15(12-25-16)22(28)19-14-27(13-17-6-5-9-21(24)26-17)20-8-4-3-7-18(20)23(19)29;1-21(25-2)18(24)14-11-22(10-12-6-5-9-16(19)20-12)15-8-4-3-7-13(15)17(14)23/h3-12,14H,2,13H2,1H3;3-9,11H,10H2,1-2H3. The van der Waals surface area contributed by atoms with Crippen LogP contribution in [-0.4, -0.2) is 55.0 Å². The number of hydrogen-bond acceptors (Lipinski definition) is 8. The van der Waals surface area contributed by atoms with Gasteiger partial charge in [0, 0.05) is 47.7 Å². The molecule has 0 radical (unpaired) electrons. The normalized spacial score (nSPS) is 10.9. The van der Waals surface area contributed by atoms with Crippen LogP contribution in [0.25, 0.3) is 21.8 Å². The van der Waals surface area contributed by atoms with Gasteiger partial charge in [-0.2, -0.15) is 0 Å². The quantitative estimate of drug-likeness (QED) is 0.0846. The summed E-state index contributed by atoms with van der Waals surface area (Å²) >= 11 is 6.74. The minimum Gasteiger partial charge on any atom is -0.340 e. The zero-order valence-corrected chi connectivity index (χ0v) is 32.7. The summed E-state index contributed by atoms with van der Waals surface area (Å²) < 4.78 is 5.21. The second-order valence-electron chi connectivity index (χ2n) is 12.1. The molecule has 0 fully saturated rings. The van der Waals surface area contributed by atoms with E-state index in [-0.39, 0.29) is 27.8 Å². The molecule has 7 aromatic rings. The number of para-hydroxylation sites is 2. The third kappa shape index (κ3) is 8.44. The molecule has 0 spiro atoms. The van der Waals surface area contributed by atoms with Crippen LogP contribution in [0, 0.1) is 0 Å². The minimum atomic E-state index is -0.491. The van der Waals surface area contributed by atoms with E-state index in [2.05, 4.69) is 46.8 Å². The van der Waals surface area contributed by atoms with E-state index in [4.69, 9.17) is 4.84 Å². The Labute approximate surface area is 327 Å². The number of hydrogen-bond donors (Lipinski definition) is 0. The molecule has 11 nitrogen and oxygen atoms in total. The molecule has 0 bridgehead atoms. The number of aromatic nitrogens is 5. The van der Waals surface area contributed by atoms with Gasteiger partial charge in [0.1, 0.15) is 14.8 Å². The van der Waals surface area contributed by atoms with E-state index in [0.29, 0.717) is 29.4 Å². The van der Waals surface area contributed by atoms with Gasteiger partial charge in [0.2, 0.25) is 10.9 Å². The maximum Gasteiger partial charge on any atom is 0.282 e. The minimum absolute atomic E-state index is 0.0537. The van der Waals surface area contributed by atoms with E-state index in [1.165, 1.54) is 20.4 Å². The number of nitrogens with zero attached hydrogens (tertiary/aromatic N) is 6. The number of pyridine rings is 5. The molecule has 5 aromatic heterocycles. The lowest BCUT2D eigenvalue weighted by Crippen LogP contribution is -2.31. The number of rotatable bonds is 9. The van der Waals surface area contributed by atoms with Crippen LogP contribution >= 0.6 is 31.9 Å². The van der Waals surface area contributed by atoms with Crippen molar-refractivity contribution in [3.63, 3.8) is 0 Å².